The van der Waals surface area contributed by atoms with E-state index >= 15 is 0 Å². The van der Waals surface area contributed by atoms with Crippen LogP contribution in [0.5, 0.6) is 11.5 Å². The number of hydrogen-bond acceptors (Lipinski definition) is 6. The number of carbonyl (C=O) groups excluding carboxylic acids is 1. The Bertz CT molecular complexity index is 1610. The third-order valence-electron chi connectivity index (χ3n) is 5.47. The summed E-state index contributed by atoms with van der Waals surface area (Å²) in [4.78, 5) is 13.1. The summed E-state index contributed by atoms with van der Waals surface area (Å²) >= 11 is 26.3. The second-order valence-electron chi connectivity index (χ2n) is 7.54. The van der Waals surface area contributed by atoms with Crippen LogP contribution in [-0.2, 0) is 0 Å². The molecular weight excluding hydrogens is 550 g/mol. The number of nitrogens with zero attached hydrogens (tertiary/aromatic N) is 1. The number of ether oxygens (including phenoxy) is 2. The third kappa shape index (κ3) is 4.20. The van der Waals surface area contributed by atoms with Crippen molar-refractivity contribution in [3.05, 3.63) is 102 Å². The molecule has 174 valence electrons. The van der Waals surface area contributed by atoms with E-state index in [2.05, 4.69) is 6.07 Å². The molecule has 0 amide bonds. The van der Waals surface area contributed by atoms with E-state index < -0.39 is 11.9 Å². The molecule has 5 nitrogen and oxygen atoms in total. The number of allylic oxidation sites excluding steroid dienone is 1. The quantitative estimate of drug-likeness (QED) is 0.202. The van der Waals surface area contributed by atoms with Crippen molar-refractivity contribution in [3.63, 3.8) is 0 Å². The average molecular weight is 562 g/mol. The van der Waals surface area contributed by atoms with Crippen molar-refractivity contribution < 1.29 is 14.3 Å². The Hall–Kier alpha value is -2.92. The molecule has 2 heterocycles. The molecule has 0 radical (unpaired) electrons. The number of rotatable bonds is 3. The molecule has 0 aliphatic carbocycles. The molecule has 0 fully saturated rings. The second-order valence-corrected chi connectivity index (χ2v) is 10.2. The van der Waals surface area contributed by atoms with E-state index in [9.17, 15) is 10.1 Å². The van der Waals surface area contributed by atoms with Gasteiger partial charge in [0.05, 0.1) is 16.0 Å². The van der Waals surface area contributed by atoms with Gasteiger partial charge in [0.2, 0.25) is 5.88 Å². The number of thiophene rings is 1. The highest BCUT2D eigenvalue weighted by Crippen LogP contribution is 2.46. The van der Waals surface area contributed by atoms with E-state index in [1.165, 1.54) is 17.4 Å². The molecule has 0 saturated heterocycles. The Kier molecular flexibility index (Phi) is 6.30. The van der Waals surface area contributed by atoms with Gasteiger partial charge < -0.3 is 15.2 Å². The van der Waals surface area contributed by atoms with E-state index in [4.69, 9.17) is 61.6 Å². The van der Waals surface area contributed by atoms with Gasteiger partial charge in [0.15, 0.2) is 0 Å². The molecule has 0 spiro atoms. The topological polar surface area (TPSA) is 85.3 Å². The van der Waals surface area contributed by atoms with Crippen LogP contribution < -0.4 is 15.2 Å². The van der Waals surface area contributed by atoms with Crippen molar-refractivity contribution in [2.24, 2.45) is 5.73 Å². The Morgan fingerprint density at radius 1 is 1.03 bits per heavy atom. The summed E-state index contributed by atoms with van der Waals surface area (Å²) in [6.45, 7) is 0. The lowest BCUT2D eigenvalue weighted by Gasteiger charge is -2.27. The van der Waals surface area contributed by atoms with E-state index in [-0.39, 0.29) is 27.1 Å². The monoisotopic (exact) mass is 560 g/mol. The van der Waals surface area contributed by atoms with Gasteiger partial charge in [-0.05, 0) is 35.9 Å². The molecule has 1 aromatic heterocycles. The fraction of sp³-hybridized carbons (Fsp3) is 0.0400. The molecule has 4 aromatic rings. The number of benzene rings is 3. The molecule has 10 heteroatoms. The minimum atomic E-state index is -0.637. The Morgan fingerprint density at radius 2 is 1.80 bits per heavy atom. The van der Waals surface area contributed by atoms with Crippen LogP contribution in [-0.4, -0.2) is 5.97 Å². The van der Waals surface area contributed by atoms with Crippen LogP contribution >= 0.6 is 57.7 Å². The van der Waals surface area contributed by atoms with Crippen LogP contribution in [0.1, 0.15) is 26.7 Å². The Labute approximate surface area is 223 Å². The minimum Gasteiger partial charge on any atom is -0.440 e. The molecule has 35 heavy (non-hydrogen) atoms. The van der Waals surface area contributed by atoms with Crippen LogP contribution in [0, 0.1) is 11.3 Å². The van der Waals surface area contributed by atoms with E-state index in [0.717, 1.165) is 4.70 Å². The molecule has 2 N–H and O–H groups in total. The van der Waals surface area contributed by atoms with Crippen LogP contribution in [0.25, 0.3) is 10.1 Å². The van der Waals surface area contributed by atoms with Crippen molar-refractivity contribution in [1.29, 1.82) is 5.26 Å². The van der Waals surface area contributed by atoms with E-state index in [1.807, 2.05) is 6.07 Å². The van der Waals surface area contributed by atoms with Crippen molar-refractivity contribution in [3.8, 4) is 17.6 Å². The van der Waals surface area contributed by atoms with Crippen molar-refractivity contribution in [2.75, 3.05) is 0 Å². The van der Waals surface area contributed by atoms with Crippen molar-refractivity contribution in [1.82, 2.24) is 0 Å². The highest BCUT2D eigenvalue weighted by Gasteiger charge is 2.32. The number of nitrogens with two attached hydrogens (primary N) is 1. The fourth-order valence-electron chi connectivity index (χ4n) is 3.91. The Balaban J connectivity index is 1.51. The zero-order valence-corrected chi connectivity index (χ0v) is 21.3. The number of nitriles is 1. The SMILES string of the molecule is N#CC1=C(N)Oc2cc(OC(=O)c3sc4cccc(Cl)c4c3Cl)ccc2C1c1ccc(Cl)cc1Cl. The van der Waals surface area contributed by atoms with Crippen LogP contribution in [0.15, 0.2) is 66.1 Å². The summed E-state index contributed by atoms with van der Waals surface area (Å²) in [5, 5.41) is 11.9. The summed E-state index contributed by atoms with van der Waals surface area (Å²) in [6, 6.07) is 17.2. The summed E-state index contributed by atoms with van der Waals surface area (Å²) in [6.07, 6.45) is 0. The maximum Gasteiger partial charge on any atom is 0.355 e. The summed E-state index contributed by atoms with van der Waals surface area (Å²) in [7, 11) is 0. The van der Waals surface area contributed by atoms with Crippen molar-refractivity contribution >= 4 is 73.8 Å². The standard InChI is InChI=1S/C25H12Cl4N2O3S/c26-11-4-6-13(17(28)8-11)20-14-7-5-12(9-18(14)34-24(31)15(20)10-30)33-25(32)23-22(29)21-16(27)2-1-3-19(21)35-23/h1-9,20H,31H2. The fourth-order valence-corrected chi connectivity index (χ4v) is 6.25. The van der Waals surface area contributed by atoms with Gasteiger partial charge in [-0.1, -0.05) is 64.6 Å². The molecule has 1 atom stereocenters. The van der Waals surface area contributed by atoms with Gasteiger partial charge in [-0.3, -0.25) is 0 Å². The number of carbonyl (C=O) groups is 1. The number of esters is 1. The van der Waals surface area contributed by atoms with E-state index in [0.29, 0.717) is 37.3 Å². The van der Waals surface area contributed by atoms with Crippen LogP contribution in [0.4, 0.5) is 0 Å². The van der Waals surface area contributed by atoms with Gasteiger partial charge in [0.1, 0.15) is 28.0 Å². The number of fused-ring (bicyclic) bond motifs is 2. The van der Waals surface area contributed by atoms with Gasteiger partial charge in [-0.15, -0.1) is 11.3 Å². The number of halogens is 4. The zero-order valence-electron chi connectivity index (χ0n) is 17.4. The predicted molar refractivity (Wildman–Crippen MR) is 139 cm³/mol. The van der Waals surface area contributed by atoms with Gasteiger partial charge in [0.25, 0.3) is 0 Å². The average Bonchev–Trinajstić information content (AvgIpc) is 3.16. The predicted octanol–water partition coefficient (Wildman–Crippen LogP) is 7.95. The first-order chi connectivity index (χ1) is 16.8. The molecule has 3 aromatic carbocycles. The normalized spacial score (nSPS) is 14.9. The van der Waals surface area contributed by atoms with Gasteiger partial charge in [0, 0.05) is 31.8 Å². The van der Waals surface area contributed by atoms with Crippen LogP contribution in [0.3, 0.4) is 0 Å². The first-order valence-corrected chi connectivity index (χ1v) is 12.4. The van der Waals surface area contributed by atoms with Gasteiger partial charge in [-0.25, -0.2) is 4.79 Å². The first-order valence-electron chi connectivity index (χ1n) is 10.0. The largest absolute Gasteiger partial charge is 0.440 e. The smallest absolute Gasteiger partial charge is 0.355 e. The van der Waals surface area contributed by atoms with Gasteiger partial charge in [-0.2, -0.15) is 5.26 Å². The lowest BCUT2D eigenvalue weighted by molar-refractivity contribution is 0.0740. The number of hydrogen-bond donors (Lipinski definition) is 1. The maximum absolute atomic E-state index is 12.9. The van der Waals surface area contributed by atoms with E-state index in [1.54, 1.807) is 42.5 Å². The zero-order chi connectivity index (χ0) is 24.9. The lowest BCUT2D eigenvalue weighted by Crippen LogP contribution is -2.21. The molecule has 0 bridgehead atoms. The minimum absolute atomic E-state index is 0.0679. The molecule has 1 aliphatic heterocycles. The van der Waals surface area contributed by atoms with Gasteiger partial charge >= 0.3 is 5.97 Å². The highest BCUT2D eigenvalue weighted by molar-refractivity contribution is 7.21. The summed E-state index contributed by atoms with van der Waals surface area (Å²) < 4.78 is 12.1. The second kappa shape index (κ2) is 9.27. The highest BCUT2D eigenvalue weighted by atomic mass is 35.5. The van der Waals surface area contributed by atoms with Crippen molar-refractivity contribution in [2.45, 2.75) is 5.92 Å². The lowest BCUT2D eigenvalue weighted by atomic mass is 9.83. The third-order valence-corrected chi connectivity index (χ3v) is 7.97. The summed E-state index contributed by atoms with van der Waals surface area (Å²) in [5.74, 6) is -0.753. The molecule has 5 rings (SSSR count). The molecule has 1 aliphatic rings. The molecule has 0 saturated carbocycles. The molecular formula is C25H12Cl4N2O3S. The first kappa shape index (κ1) is 23.8. The maximum atomic E-state index is 12.9. The summed E-state index contributed by atoms with van der Waals surface area (Å²) in [5.41, 5.74) is 7.54. The van der Waals surface area contributed by atoms with Crippen LogP contribution in [0.2, 0.25) is 20.1 Å². The molecule has 1 unspecified atom stereocenters. The Morgan fingerprint density at radius 3 is 2.51 bits per heavy atom.